The van der Waals surface area contributed by atoms with E-state index in [1.165, 1.54) is 0 Å². The van der Waals surface area contributed by atoms with E-state index in [4.69, 9.17) is 4.74 Å². The fourth-order valence-corrected chi connectivity index (χ4v) is 16.1. The van der Waals surface area contributed by atoms with Gasteiger partial charge in [-0.15, -0.1) is 0 Å². The number of ether oxygens (including phenoxy) is 1. The van der Waals surface area contributed by atoms with E-state index in [1.807, 2.05) is 18.2 Å². The molecule has 0 atom stereocenters. The molecule has 0 saturated heterocycles. The maximum absolute atomic E-state index is 14.6. The van der Waals surface area contributed by atoms with Gasteiger partial charge in [-0.1, -0.05) is 0 Å². The van der Waals surface area contributed by atoms with Crippen molar-refractivity contribution in [2.75, 3.05) is 6.61 Å². The van der Waals surface area contributed by atoms with Crippen molar-refractivity contribution in [2.24, 2.45) is 5.41 Å². The predicted molar refractivity (Wildman–Crippen MR) is 282 cm³/mol. The number of alkyl halides is 2. The van der Waals surface area contributed by atoms with Gasteiger partial charge in [-0.2, -0.15) is 17.2 Å². The first kappa shape index (κ1) is 48.3. The lowest BCUT2D eigenvalue weighted by Gasteiger charge is -2.69. The number of amides is 3. The summed E-state index contributed by atoms with van der Waals surface area (Å²) in [5, 5.41) is 4.77. The maximum atomic E-state index is 14.6. The van der Waals surface area contributed by atoms with Gasteiger partial charge in [0.1, 0.15) is 0 Å². The zero-order valence-corrected chi connectivity index (χ0v) is 48.5. The lowest BCUT2D eigenvalue weighted by Crippen LogP contribution is -2.80. The molecule has 0 unspecified atom stereocenters. The van der Waals surface area contributed by atoms with Crippen LogP contribution in [0, 0.1) is 37.5 Å². The molecule has 3 amide bonds. The van der Waals surface area contributed by atoms with Crippen molar-refractivity contribution in [2.45, 2.75) is 60.4 Å². The molecule has 4 fully saturated rings. The second-order valence-electron chi connectivity index (χ2n) is 14.5. The second kappa shape index (κ2) is 17.7. The van der Waals surface area contributed by atoms with Crippen LogP contribution in [0.3, 0.4) is 0 Å². The molecule has 0 aromatic heterocycles. The van der Waals surface area contributed by atoms with E-state index in [0.29, 0.717) is 27.4 Å². The summed E-state index contributed by atoms with van der Waals surface area (Å²) in [6, 6.07) is 10.9. The van der Waals surface area contributed by atoms with Crippen LogP contribution in [-0.4, -0.2) is 65.1 Å². The van der Waals surface area contributed by atoms with Gasteiger partial charge in [-0.3, -0.25) is 23.7 Å². The number of hydrogen-bond acceptors (Lipinski definition) is 7. The molecule has 23 heteroatoms. The minimum Gasteiger partial charge on any atom is -0.458 e. The van der Waals surface area contributed by atoms with E-state index >= 15 is 0 Å². The van der Waals surface area contributed by atoms with E-state index in [1.54, 1.807) is 18.2 Å². The number of halogens is 11. The standard InChI is InChI=1S/C34H24F2I9N3O8S/c35-34(36,57(53,54)55)13-56-29(52)30-7-31(46-26(49)17-1-14(37)4-20(40)23(17)43)10-32(8-30,47-27(50)18-2-15(38)5-21(41)24(18)44)12-33(9-30,11-31)48-28(51)19-3-16(39)6-22(42)25(19)45/h1-6H,7-13H2,(H,46,49)(H,47,50)(H,48,51)(H,53,54,55). The van der Waals surface area contributed by atoms with E-state index in [9.17, 15) is 40.9 Å². The molecule has 57 heavy (non-hydrogen) atoms. The van der Waals surface area contributed by atoms with Crippen LogP contribution in [0.5, 0.6) is 0 Å². The number of rotatable bonds is 10. The van der Waals surface area contributed by atoms with Crippen molar-refractivity contribution in [3.05, 3.63) is 85.2 Å². The summed E-state index contributed by atoms with van der Waals surface area (Å²) in [5.41, 5.74) is -4.65. The maximum Gasteiger partial charge on any atom is 0.402 e. The van der Waals surface area contributed by atoms with Crippen LogP contribution in [-0.2, 0) is 19.6 Å². The number of benzene rings is 3. The lowest BCUT2D eigenvalue weighted by atomic mass is 9.41. The highest BCUT2D eigenvalue weighted by molar-refractivity contribution is 14.1. The molecule has 3 aromatic carbocycles. The molecule has 4 aliphatic carbocycles. The first-order chi connectivity index (χ1) is 26.2. The van der Waals surface area contributed by atoms with Gasteiger partial charge >= 0.3 is 21.3 Å². The molecule has 4 aliphatic rings. The Kier molecular flexibility index (Phi) is 15.0. The summed E-state index contributed by atoms with van der Waals surface area (Å²) >= 11 is 19.0. The van der Waals surface area contributed by atoms with E-state index in [0.717, 1.165) is 21.4 Å². The van der Waals surface area contributed by atoms with Gasteiger partial charge in [-0.25, -0.2) is 0 Å². The van der Waals surface area contributed by atoms with Crippen LogP contribution in [0.15, 0.2) is 36.4 Å². The summed E-state index contributed by atoms with van der Waals surface area (Å²) in [7, 11) is -5.95. The Balaban J connectivity index is 1.51. The van der Waals surface area contributed by atoms with Crippen LogP contribution in [0.4, 0.5) is 8.78 Å². The molecule has 0 heterocycles. The third kappa shape index (κ3) is 10.1. The molecule has 11 nitrogen and oxygen atoms in total. The quantitative estimate of drug-likeness (QED) is 0.0675. The first-order valence-electron chi connectivity index (χ1n) is 16.2. The first-order valence-corrected chi connectivity index (χ1v) is 27.3. The average Bonchev–Trinajstić information content (AvgIpc) is 3.06. The SMILES string of the molecule is O=C(NC12CC3(NC(=O)c4cc(I)cc(I)c4I)CC(NC(=O)c4cc(I)cc(I)c4I)(C1)CC(C(=O)OCC(F)(F)S(=O)(=O)O)(C2)C3)c1cc(I)cc(I)c1I. The largest absolute Gasteiger partial charge is 0.458 e. The monoisotopic (exact) mass is 1810 g/mol. The van der Waals surface area contributed by atoms with Crippen molar-refractivity contribution in [1.82, 2.24) is 16.0 Å². The predicted octanol–water partition coefficient (Wildman–Crippen LogP) is 9.33. The summed E-state index contributed by atoms with van der Waals surface area (Å²) in [6.45, 7) is -1.97. The van der Waals surface area contributed by atoms with Gasteiger partial charge in [0.05, 0.1) is 22.1 Å². The van der Waals surface area contributed by atoms with Crippen molar-refractivity contribution in [1.29, 1.82) is 0 Å². The third-order valence-corrected chi connectivity index (χ3v) is 22.0. The van der Waals surface area contributed by atoms with Gasteiger partial charge in [0.15, 0.2) is 6.61 Å². The van der Waals surface area contributed by atoms with Crippen LogP contribution in [0.2, 0.25) is 0 Å². The van der Waals surface area contributed by atoms with Crippen LogP contribution >= 0.6 is 203 Å². The Morgan fingerprint density at radius 2 is 0.895 bits per heavy atom. The second-order valence-corrected chi connectivity index (χ2v) is 26.5. The van der Waals surface area contributed by atoms with Crippen molar-refractivity contribution >= 4 is 237 Å². The highest BCUT2D eigenvalue weighted by Gasteiger charge is 2.72. The normalized spacial score (nSPS) is 25.2. The number of carbonyl (C=O) groups excluding carboxylic acids is 4. The minimum absolute atomic E-state index is 0.110. The molecule has 0 aliphatic heterocycles. The molecule has 306 valence electrons. The zero-order chi connectivity index (χ0) is 42.3. The van der Waals surface area contributed by atoms with E-state index in [-0.39, 0.29) is 38.5 Å². The highest BCUT2D eigenvalue weighted by atomic mass is 127. The molecular weight excluding hydrogens is 1790 g/mol. The smallest absolute Gasteiger partial charge is 0.402 e. The fourth-order valence-electron chi connectivity index (χ4n) is 8.72. The Morgan fingerprint density at radius 3 is 1.18 bits per heavy atom. The molecule has 4 saturated carbocycles. The van der Waals surface area contributed by atoms with Gasteiger partial charge in [0, 0.05) is 48.7 Å². The van der Waals surface area contributed by atoms with Crippen LogP contribution in [0.25, 0.3) is 0 Å². The van der Waals surface area contributed by atoms with Crippen LogP contribution in [0.1, 0.15) is 69.6 Å². The van der Waals surface area contributed by atoms with Crippen molar-refractivity contribution in [3.8, 4) is 0 Å². The third-order valence-electron chi connectivity index (χ3n) is 10.1. The minimum atomic E-state index is -5.95. The molecular formula is C34H24F2I9N3O8S. The summed E-state index contributed by atoms with van der Waals surface area (Å²) in [6.07, 6.45) is -0.0674. The van der Waals surface area contributed by atoms with Gasteiger partial charge < -0.3 is 20.7 Å². The highest BCUT2D eigenvalue weighted by Crippen LogP contribution is 2.65. The molecule has 4 N–H and O–H groups in total. The molecule has 0 radical (unpaired) electrons. The van der Waals surface area contributed by atoms with Crippen molar-refractivity contribution < 1.29 is 45.7 Å². The van der Waals surface area contributed by atoms with E-state index in [2.05, 4.69) is 219 Å². The Morgan fingerprint density at radius 1 is 0.596 bits per heavy atom. The Bertz CT molecular complexity index is 2170. The summed E-state index contributed by atoms with van der Waals surface area (Å²) in [4.78, 5) is 57.7. The molecule has 4 bridgehead atoms. The zero-order valence-electron chi connectivity index (χ0n) is 28.3. The molecule has 3 aromatic rings. The average molecular weight is 1810 g/mol. The summed E-state index contributed by atoms with van der Waals surface area (Å²) in [5.74, 6) is -2.65. The van der Waals surface area contributed by atoms with Crippen LogP contribution < -0.4 is 16.0 Å². The topological polar surface area (TPSA) is 168 Å². The lowest BCUT2D eigenvalue weighted by molar-refractivity contribution is -0.187. The van der Waals surface area contributed by atoms with E-state index < -0.39 is 67.7 Å². The number of nitrogens with one attached hydrogen (secondary N) is 3. The fraction of sp³-hybridized carbons (Fsp3) is 0.353. The van der Waals surface area contributed by atoms with Gasteiger partial charge in [0.2, 0.25) is 0 Å². The Hall–Kier alpha value is 1.88. The van der Waals surface area contributed by atoms with Crippen molar-refractivity contribution in [3.63, 3.8) is 0 Å². The molecule has 0 spiro atoms. The number of hydrogen-bond donors (Lipinski definition) is 4. The summed E-state index contributed by atoms with van der Waals surface area (Å²) < 4.78 is 73.4. The Labute approximate surface area is 448 Å². The number of esters is 1. The van der Waals surface area contributed by atoms with Gasteiger partial charge in [-0.05, 0) is 278 Å². The number of carbonyl (C=O) groups is 4. The molecule has 7 rings (SSSR count). The van der Waals surface area contributed by atoms with Gasteiger partial charge in [0.25, 0.3) is 17.7 Å².